The van der Waals surface area contributed by atoms with Crippen molar-refractivity contribution in [3.8, 4) is 0 Å². The highest BCUT2D eigenvalue weighted by Crippen LogP contribution is 2.10. The summed E-state index contributed by atoms with van der Waals surface area (Å²) in [5, 5.41) is 8.50. The Morgan fingerprint density at radius 2 is 2.17 bits per heavy atom. The van der Waals surface area contributed by atoms with Gasteiger partial charge in [-0.1, -0.05) is 12.1 Å². The average Bonchev–Trinajstić information content (AvgIpc) is 2.47. The number of fused-ring (bicyclic) bond motifs is 1. The molecule has 3 nitrogen and oxygen atoms in total. The van der Waals surface area contributed by atoms with Crippen LogP contribution in [0.25, 0.3) is 17.1 Å². The lowest BCUT2D eigenvalue weighted by Gasteiger charge is -1.81. The molecule has 2 aromatic rings. The molecule has 0 spiro atoms. The Labute approximate surface area is 69.4 Å². The second kappa shape index (κ2) is 2.70. The zero-order valence-corrected chi connectivity index (χ0v) is 6.36. The molecule has 2 N–H and O–H groups in total. The second-order valence-corrected chi connectivity index (χ2v) is 2.45. The van der Waals surface area contributed by atoms with E-state index in [-0.39, 0.29) is 0 Å². The number of aromatic amines is 1. The Hall–Kier alpha value is -1.77. The Morgan fingerprint density at radius 1 is 1.33 bits per heavy atom. The first-order valence-corrected chi connectivity index (χ1v) is 3.65. The first kappa shape index (κ1) is 6.91. The minimum absolute atomic E-state index is 0.665. The highest BCUT2D eigenvalue weighted by atomic mass is 16.2. The van der Waals surface area contributed by atoms with Crippen molar-refractivity contribution in [1.82, 2.24) is 9.97 Å². The molecule has 0 amide bonds. The van der Waals surface area contributed by atoms with Crippen LogP contribution in [0, 0.1) is 0 Å². The maximum atomic E-state index is 8.50. The molecule has 2 rings (SSSR count). The Balaban J connectivity index is 2.62. The number of aromatic nitrogens is 2. The molecule has 0 fully saturated rings. The van der Waals surface area contributed by atoms with E-state index in [0.29, 0.717) is 5.82 Å². The lowest BCUT2D eigenvalue weighted by molar-refractivity contribution is 0.478. The van der Waals surface area contributed by atoms with Crippen molar-refractivity contribution in [2.75, 3.05) is 0 Å². The number of hydrogen-bond donors (Lipinski definition) is 2. The van der Waals surface area contributed by atoms with E-state index < -0.39 is 0 Å². The number of aliphatic hydroxyl groups is 1. The zero-order chi connectivity index (χ0) is 8.39. The molecule has 12 heavy (non-hydrogen) atoms. The molecule has 0 unspecified atom stereocenters. The van der Waals surface area contributed by atoms with Crippen LogP contribution in [0.15, 0.2) is 30.5 Å². The van der Waals surface area contributed by atoms with Crippen molar-refractivity contribution >= 4 is 17.1 Å². The summed E-state index contributed by atoms with van der Waals surface area (Å²) < 4.78 is 0. The van der Waals surface area contributed by atoms with Crippen molar-refractivity contribution < 1.29 is 5.11 Å². The third-order valence-electron chi connectivity index (χ3n) is 1.64. The fourth-order valence-corrected chi connectivity index (χ4v) is 1.12. The number of nitrogens with zero attached hydrogens (tertiary/aromatic N) is 1. The van der Waals surface area contributed by atoms with Crippen molar-refractivity contribution in [2.45, 2.75) is 0 Å². The predicted molar refractivity (Wildman–Crippen MR) is 47.8 cm³/mol. The van der Waals surface area contributed by atoms with E-state index in [1.807, 2.05) is 24.3 Å². The number of rotatable bonds is 1. The smallest absolute Gasteiger partial charge is 0.134 e. The van der Waals surface area contributed by atoms with Gasteiger partial charge in [0.25, 0.3) is 0 Å². The summed E-state index contributed by atoms with van der Waals surface area (Å²) >= 11 is 0. The number of nitrogens with one attached hydrogen (secondary N) is 1. The Bertz CT molecular complexity index is 384. The molecule has 1 aromatic carbocycles. The molecule has 0 aliphatic carbocycles. The highest BCUT2D eigenvalue weighted by Gasteiger charge is 1.96. The van der Waals surface area contributed by atoms with Crippen LogP contribution in [0.4, 0.5) is 0 Å². The second-order valence-electron chi connectivity index (χ2n) is 2.45. The van der Waals surface area contributed by atoms with Gasteiger partial charge < -0.3 is 10.1 Å². The standard InChI is InChI=1S/C9H8N2O/c12-6-5-9-10-7-3-1-2-4-8(7)11-9/h1-6,12H,(H,10,11)/b6-5-. The van der Waals surface area contributed by atoms with Gasteiger partial charge in [-0.25, -0.2) is 4.98 Å². The molecular formula is C9H8N2O. The summed E-state index contributed by atoms with van der Waals surface area (Å²) in [6, 6.07) is 7.72. The summed E-state index contributed by atoms with van der Waals surface area (Å²) in [4.78, 5) is 7.24. The summed E-state index contributed by atoms with van der Waals surface area (Å²) in [6.45, 7) is 0. The fraction of sp³-hybridized carbons (Fsp3) is 0. The monoisotopic (exact) mass is 160 g/mol. The molecule has 60 valence electrons. The van der Waals surface area contributed by atoms with E-state index in [0.717, 1.165) is 17.3 Å². The maximum absolute atomic E-state index is 8.50. The Kier molecular flexibility index (Phi) is 1.55. The summed E-state index contributed by atoms with van der Waals surface area (Å²) in [5.41, 5.74) is 1.89. The molecular weight excluding hydrogens is 152 g/mol. The number of aliphatic hydroxyl groups excluding tert-OH is 1. The van der Waals surface area contributed by atoms with Crippen molar-refractivity contribution in [2.24, 2.45) is 0 Å². The predicted octanol–water partition coefficient (Wildman–Crippen LogP) is 2.09. The van der Waals surface area contributed by atoms with Gasteiger partial charge in [-0.3, -0.25) is 0 Å². The van der Waals surface area contributed by atoms with Gasteiger partial charge >= 0.3 is 0 Å². The maximum Gasteiger partial charge on any atom is 0.134 e. The van der Waals surface area contributed by atoms with Crippen molar-refractivity contribution in [1.29, 1.82) is 0 Å². The van der Waals surface area contributed by atoms with Crippen LogP contribution in [-0.2, 0) is 0 Å². The normalized spacial score (nSPS) is 11.3. The van der Waals surface area contributed by atoms with Crippen LogP contribution in [0.2, 0.25) is 0 Å². The van der Waals surface area contributed by atoms with E-state index in [9.17, 15) is 0 Å². The quantitative estimate of drug-likeness (QED) is 0.627. The van der Waals surface area contributed by atoms with Gasteiger partial charge in [0.15, 0.2) is 0 Å². The lowest BCUT2D eigenvalue weighted by Crippen LogP contribution is -1.71. The molecule has 1 aromatic heterocycles. The Morgan fingerprint density at radius 3 is 2.92 bits per heavy atom. The molecule has 0 saturated heterocycles. The fourth-order valence-electron chi connectivity index (χ4n) is 1.12. The summed E-state index contributed by atoms with van der Waals surface area (Å²) in [7, 11) is 0. The van der Waals surface area contributed by atoms with Crippen LogP contribution < -0.4 is 0 Å². The SMILES string of the molecule is O/C=C\c1nc2ccccc2[nH]1. The van der Waals surface area contributed by atoms with Crippen molar-refractivity contribution in [3.63, 3.8) is 0 Å². The zero-order valence-electron chi connectivity index (χ0n) is 6.36. The molecule has 0 radical (unpaired) electrons. The van der Waals surface area contributed by atoms with Gasteiger partial charge in [0.1, 0.15) is 5.82 Å². The molecule has 0 bridgehead atoms. The molecule has 0 aliphatic heterocycles. The largest absolute Gasteiger partial charge is 0.515 e. The van der Waals surface area contributed by atoms with Gasteiger partial charge in [-0.05, 0) is 12.1 Å². The molecule has 0 atom stereocenters. The van der Waals surface area contributed by atoms with Crippen LogP contribution in [0.3, 0.4) is 0 Å². The lowest BCUT2D eigenvalue weighted by atomic mass is 10.3. The average molecular weight is 160 g/mol. The highest BCUT2D eigenvalue weighted by molar-refractivity contribution is 5.76. The summed E-state index contributed by atoms with van der Waals surface area (Å²) in [6.07, 6.45) is 2.48. The number of para-hydroxylation sites is 2. The van der Waals surface area contributed by atoms with E-state index >= 15 is 0 Å². The number of benzene rings is 1. The molecule has 1 heterocycles. The molecule has 0 aliphatic rings. The van der Waals surface area contributed by atoms with Crippen molar-refractivity contribution in [3.05, 3.63) is 36.4 Å². The van der Waals surface area contributed by atoms with E-state index in [4.69, 9.17) is 5.11 Å². The van der Waals surface area contributed by atoms with Crippen LogP contribution >= 0.6 is 0 Å². The first-order chi connectivity index (χ1) is 5.90. The van der Waals surface area contributed by atoms with Crippen LogP contribution in [-0.4, -0.2) is 15.1 Å². The van der Waals surface area contributed by atoms with E-state index in [1.54, 1.807) is 0 Å². The minimum atomic E-state index is 0.665. The minimum Gasteiger partial charge on any atom is -0.515 e. The van der Waals surface area contributed by atoms with Gasteiger partial charge in [0, 0.05) is 6.08 Å². The third kappa shape index (κ3) is 1.05. The van der Waals surface area contributed by atoms with E-state index in [1.165, 1.54) is 6.08 Å². The number of hydrogen-bond acceptors (Lipinski definition) is 2. The van der Waals surface area contributed by atoms with Gasteiger partial charge in [-0.15, -0.1) is 0 Å². The number of imidazole rings is 1. The van der Waals surface area contributed by atoms with Gasteiger partial charge in [0.2, 0.25) is 0 Å². The topological polar surface area (TPSA) is 48.9 Å². The first-order valence-electron chi connectivity index (χ1n) is 3.65. The summed E-state index contributed by atoms with van der Waals surface area (Å²) in [5.74, 6) is 0.665. The number of H-pyrrole nitrogens is 1. The van der Waals surface area contributed by atoms with Crippen LogP contribution in [0.5, 0.6) is 0 Å². The van der Waals surface area contributed by atoms with Crippen LogP contribution in [0.1, 0.15) is 5.82 Å². The van der Waals surface area contributed by atoms with E-state index in [2.05, 4.69) is 9.97 Å². The van der Waals surface area contributed by atoms with Gasteiger partial charge in [-0.2, -0.15) is 0 Å². The third-order valence-corrected chi connectivity index (χ3v) is 1.64. The molecule has 3 heteroatoms. The van der Waals surface area contributed by atoms with Gasteiger partial charge in [0.05, 0.1) is 17.3 Å². The molecule has 0 saturated carbocycles.